The van der Waals surface area contributed by atoms with E-state index in [1.54, 1.807) is 26.5 Å². The van der Waals surface area contributed by atoms with Gasteiger partial charge in [-0.25, -0.2) is 9.50 Å². The highest BCUT2D eigenvalue weighted by atomic mass is 32.2. The highest BCUT2D eigenvalue weighted by Crippen LogP contribution is 2.38. The molecule has 1 aliphatic carbocycles. The van der Waals surface area contributed by atoms with Crippen molar-refractivity contribution in [3.05, 3.63) is 81.2 Å². The van der Waals surface area contributed by atoms with Gasteiger partial charge in [0.25, 0.3) is 11.5 Å². The molecule has 178 valence electrons. The Morgan fingerprint density at radius 2 is 2.00 bits per heavy atom. The number of nitrogens with zero attached hydrogens (tertiary/aromatic N) is 5. The number of aromatic nitrogens is 4. The van der Waals surface area contributed by atoms with Crippen LogP contribution in [0.2, 0.25) is 0 Å². The van der Waals surface area contributed by atoms with Crippen molar-refractivity contribution < 1.29 is 19.2 Å². The van der Waals surface area contributed by atoms with Crippen molar-refractivity contribution in [2.45, 2.75) is 29.7 Å². The maximum atomic E-state index is 13.0. The van der Waals surface area contributed by atoms with Crippen molar-refractivity contribution in [2.24, 2.45) is 0 Å². The van der Waals surface area contributed by atoms with E-state index in [1.807, 2.05) is 24.3 Å². The zero-order valence-corrected chi connectivity index (χ0v) is 19.8. The minimum absolute atomic E-state index is 0.00943. The van der Waals surface area contributed by atoms with Crippen LogP contribution >= 0.6 is 11.8 Å². The lowest BCUT2D eigenvalue weighted by atomic mass is 9.82. The lowest BCUT2D eigenvalue weighted by Gasteiger charge is -2.24. The van der Waals surface area contributed by atoms with E-state index in [0.29, 0.717) is 52.3 Å². The molecule has 2 heterocycles. The molecule has 0 aliphatic heterocycles. The molecule has 35 heavy (non-hydrogen) atoms. The van der Waals surface area contributed by atoms with Gasteiger partial charge in [-0.2, -0.15) is 4.98 Å². The van der Waals surface area contributed by atoms with E-state index in [4.69, 9.17) is 9.47 Å². The number of ether oxygens (including phenoxy) is 2. The van der Waals surface area contributed by atoms with Crippen LogP contribution in [0, 0.1) is 10.1 Å². The molecule has 2 aromatic heterocycles. The zero-order valence-electron chi connectivity index (χ0n) is 19.0. The number of Topliss-reactive ketones (excluding diaryl/α,β-unsaturated/α-hetero) is 1. The van der Waals surface area contributed by atoms with Crippen molar-refractivity contribution >= 4 is 29.0 Å². The number of carbonyl (C=O) groups excluding carboxylic acids is 1. The summed E-state index contributed by atoms with van der Waals surface area (Å²) >= 11 is 1.35. The SMILES string of the molecule is COc1ccc(C2CC(=O)c3cn4nc(SCc5cccc([N+](=O)[O-])c5)nc4nc3C2)c(OC)c1. The predicted octanol–water partition coefficient (Wildman–Crippen LogP) is 4.25. The molecule has 0 N–H and O–H groups in total. The molecule has 4 aromatic rings. The summed E-state index contributed by atoms with van der Waals surface area (Å²) in [7, 11) is 3.19. The molecule has 11 heteroatoms. The quantitative estimate of drug-likeness (QED) is 0.212. The third-order valence-corrected chi connectivity index (χ3v) is 6.84. The van der Waals surface area contributed by atoms with Gasteiger partial charge in [-0.15, -0.1) is 5.10 Å². The topological polar surface area (TPSA) is 122 Å². The summed E-state index contributed by atoms with van der Waals surface area (Å²) in [6.07, 6.45) is 2.60. The van der Waals surface area contributed by atoms with Gasteiger partial charge in [-0.3, -0.25) is 14.9 Å². The lowest BCUT2D eigenvalue weighted by molar-refractivity contribution is -0.384. The first-order valence-electron chi connectivity index (χ1n) is 10.8. The number of hydrogen-bond acceptors (Lipinski definition) is 9. The van der Waals surface area contributed by atoms with E-state index < -0.39 is 4.92 Å². The number of fused-ring (bicyclic) bond motifs is 2. The summed E-state index contributed by atoms with van der Waals surface area (Å²) in [5.41, 5.74) is 2.99. The van der Waals surface area contributed by atoms with Crippen LogP contribution in [-0.2, 0) is 12.2 Å². The van der Waals surface area contributed by atoms with E-state index in [-0.39, 0.29) is 17.4 Å². The molecule has 0 amide bonds. The van der Waals surface area contributed by atoms with Gasteiger partial charge in [-0.05, 0) is 23.6 Å². The highest BCUT2D eigenvalue weighted by molar-refractivity contribution is 7.98. The van der Waals surface area contributed by atoms with E-state index in [9.17, 15) is 14.9 Å². The molecule has 1 unspecified atom stereocenters. The van der Waals surface area contributed by atoms with Crippen LogP contribution in [0.25, 0.3) is 5.78 Å². The number of nitro benzene ring substituents is 1. The second-order valence-electron chi connectivity index (χ2n) is 8.09. The third-order valence-electron chi connectivity index (χ3n) is 5.93. The fourth-order valence-electron chi connectivity index (χ4n) is 4.21. The number of nitro groups is 1. The summed E-state index contributed by atoms with van der Waals surface area (Å²) in [4.78, 5) is 32.7. The van der Waals surface area contributed by atoms with Gasteiger partial charge in [0.05, 0.1) is 30.4 Å². The number of benzene rings is 2. The fraction of sp³-hybridized carbons (Fsp3) is 0.250. The minimum atomic E-state index is -0.419. The van der Waals surface area contributed by atoms with Crippen molar-refractivity contribution in [1.82, 2.24) is 19.6 Å². The number of non-ortho nitro benzene ring substituents is 1. The van der Waals surface area contributed by atoms with Gasteiger partial charge in [0.2, 0.25) is 5.16 Å². The summed E-state index contributed by atoms with van der Waals surface area (Å²) in [5.74, 6) is 2.15. The van der Waals surface area contributed by atoms with Crippen LogP contribution in [0.3, 0.4) is 0 Å². The molecule has 0 saturated carbocycles. The monoisotopic (exact) mass is 491 g/mol. The Labute approximate surface area is 204 Å². The van der Waals surface area contributed by atoms with Gasteiger partial charge >= 0.3 is 0 Å². The van der Waals surface area contributed by atoms with Crippen LogP contribution in [0.5, 0.6) is 11.5 Å². The van der Waals surface area contributed by atoms with Crippen LogP contribution in [-0.4, -0.2) is 44.5 Å². The van der Waals surface area contributed by atoms with Gasteiger partial charge < -0.3 is 9.47 Å². The normalized spacial score (nSPS) is 15.1. The molecule has 0 fully saturated rings. The predicted molar refractivity (Wildman–Crippen MR) is 128 cm³/mol. The maximum absolute atomic E-state index is 13.0. The largest absolute Gasteiger partial charge is 0.497 e. The van der Waals surface area contributed by atoms with Gasteiger partial charge in [0.15, 0.2) is 5.78 Å². The number of methoxy groups -OCH3 is 2. The van der Waals surface area contributed by atoms with Crippen LogP contribution in [0.4, 0.5) is 5.69 Å². The second-order valence-corrected chi connectivity index (χ2v) is 9.03. The Morgan fingerprint density at radius 3 is 2.77 bits per heavy atom. The fourth-order valence-corrected chi connectivity index (χ4v) is 4.98. The van der Waals surface area contributed by atoms with Crippen molar-refractivity contribution in [2.75, 3.05) is 14.2 Å². The molecule has 0 radical (unpaired) electrons. The van der Waals surface area contributed by atoms with Crippen LogP contribution in [0.15, 0.2) is 53.8 Å². The molecular weight excluding hydrogens is 470 g/mol. The molecule has 0 saturated heterocycles. The Kier molecular flexibility index (Phi) is 6.08. The van der Waals surface area contributed by atoms with Gasteiger partial charge in [0.1, 0.15) is 11.5 Å². The molecular formula is C24H21N5O5S. The first-order chi connectivity index (χ1) is 16.9. The number of thioether (sulfide) groups is 1. The summed E-state index contributed by atoms with van der Waals surface area (Å²) in [6, 6.07) is 12.1. The molecule has 1 aliphatic rings. The number of ketones is 1. The standard InChI is InChI=1S/C24H21N5O5S/c1-33-17-6-7-18(22(11-17)34-2)15-9-20-19(21(30)10-15)12-28-23(25-20)26-24(27-28)35-13-14-4-3-5-16(8-14)29(31)32/h3-8,11-12,15H,9-10,13H2,1-2H3. The first kappa shape index (κ1) is 22.8. The van der Waals surface area contributed by atoms with Crippen LogP contribution < -0.4 is 9.47 Å². The van der Waals surface area contributed by atoms with Crippen molar-refractivity contribution in [3.63, 3.8) is 0 Å². The molecule has 1 atom stereocenters. The highest BCUT2D eigenvalue weighted by Gasteiger charge is 2.30. The van der Waals surface area contributed by atoms with Crippen molar-refractivity contribution in [3.8, 4) is 11.5 Å². The van der Waals surface area contributed by atoms with E-state index in [2.05, 4.69) is 15.1 Å². The van der Waals surface area contributed by atoms with Gasteiger partial charge in [0, 0.05) is 42.5 Å². The molecule has 5 rings (SSSR count). The summed E-state index contributed by atoms with van der Waals surface area (Å²) in [6.45, 7) is 0. The van der Waals surface area contributed by atoms with Gasteiger partial charge in [-0.1, -0.05) is 30.0 Å². The summed E-state index contributed by atoms with van der Waals surface area (Å²) < 4.78 is 12.3. The van der Waals surface area contributed by atoms with Crippen molar-refractivity contribution in [1.29, 1.82) is 0 Å². The van der Waals surface area contributed by atoms with E-state index >= 15 is 0 Å². The average Bonchev–Trinajstić information content (AvgIpc) is 3.27. The molecule has 10 nitrogen and oxygen atoms in total. The maximum Gasteiger partial charge on any atom is 0.269 e. The zero-order chi connectivity index (χ0) is 24.5. The Bertz CT molecular complexity index is 1450. The second kappa shape index (κ2) is 9.34. The molecule has 2 aromatic carbocycles. The lowest BCUT2D eigenvalue weighted by Crippen LogP contribution is -2.21. The Balaban J connectivity index is 1.39. The third kappa shape index (κ3) is 4.54. The van der Waals surface area contributed by atoms with E-state index in [1.165, 1.54) is 28.4 Å². The van der Waals surface area contributed by atoms with Crippen LogP contribution in [0.1, 0.15) is 39.5 Å². The number of carbonyl (C=O) groups is 1. The van der Waals surface area contributed by atoms with E-state index in [0.717, 1.165) is 11.1 Å². The average molecular weight is 492 g/mol. The Hall–Kier alpha value is -3.99. The Morgan fingerprint density at radius 1 is 1.14 bits per heavy atom. The number of rotatable bonds is 7. The molecule has 0 spiro atoms. The molecule has 0 bridgehead atoms. The smallest absolute Gasteiger partial charge is 0.269 e. The first-order valence-corrected chi connectivity index (χ1v) is 11.8. The minimum Gasteiger partial charge on any atom is -0.497 e. The summed E-state index contributed by atoms with van der Waals surface area (Å²) in [5, 5.41) is 15.9. The number of hydrogen-bond donors (Lipinski definition) is 0.